The average Bonchev–Trinajstić information content (AvgIpc) is 2.88. The van der Waals surface area contributed by atoms with Gasteiger partial charge >= 0.3 is 0 Å². The lowest BCUT2D eigenvalue weighted by atomic mass is 9.86. The maximum absolute atomic E-state index is 13.8. The van der Waals surface area contributed by atoms with Gasteiger partial charge in [-0.25, -0.2) is 0 Å². The number of hydrogen-bond donors (Lipinski definition) is 1. The van der Waals surface area contributed by atoms with Crippen LogP contribution in [0, 0.1) is 0 Å². The SMILES string of the molecule is CCCNC(=O)[C@H](Cc1ccccc1)N(Cc1cccc(Cl)c1)C(=O)CCc1ccc(C(C)(C)C)cc1. The van der Waals surface area contributed by atoms with Gasteiger partial charge in [0, 0.05) is 31.0 Å². The first kappa shape index (κ1) is 28.5. The Kier molecular flexibility index (Phi) is 10.3. The number of nitrogens with zero attached hydrogens (tertiary/aromatic N) is 1. The largest absolute Gasteiger partial charge is 0.354 e. The van der Waals surface area contributed by atoms with Crippen molar-refractivity contribution < 1.29 is 9.59 Å². The van der Waals surface area contributed by atoms with Gasteiger partial charge in [0.05, 0.1) is 0 Å². The molecule has 0 spiro atoms. The zero-order valence-electron chi connectivity index (χ0n) is 22.5. The van der Waals surface area contributed by atoms with Crippen LogP contribution in [-0.4, -0.2) is 29.3 Å². The molecule has 0 aliphatic carbocycles. The minimum Gasteiger partial charge on any atom is -0.354 e. The van der Waals surface area contributed by atoms with Crippen LogP contribution in [0.5, 0.6) is 0 Å². The standard InChI is InChI=1S/C32H39ClN2O2/c1-5-20-34-31(37)29(22-25-10-7-6-8-11-25)35(23-26-12-9-13-28(33)21-26)30(36)19-16-24-14-17-27(18-15-24)32(2,3)4/h6-15,17-18,21,29H,5,16,19-20,22-23H2,1-4H3,(H,34,37)/t29-/m0/s1. The summed E-state index contributed by atoms with van der Waals surface area (Å²) in [6.07, 6.45) is 2.21. The normalized spacial score (nSPS) is 12.1. The molecule has 3 aromatic carbocycles. The molecule has 4 nitrogen and oxygen atoms in total. The lowest BCUT2D eigenvalue weighted by molar-refractivity contribution is -0.141. The van der Waals surface area contributed by atoms with Crippen LogP contribution in [0.2, 0.25) is 5.02 Å². The third-order valence-electron chi connectivity index (χ3n) is 6.51. The van der Waals surface area contributed by atoms with Crippen LogP contribution in [0.4, 0.5) is 0 Å². The summed E-state index contributed by atoms with van der Waals surface area (Å²) in [5, 5.41) is 3.63. The summed E-state index contributed by atoms with van der Waals surface area (Å²) in [6.45, 7) is 9.48. The van der Waals surface area contributed by atoms with E-state index in [1.807, 2.05) is 61.5 Å². The smallest absolute Gasteiger partial charge is 0.243 e. The van der Waals surface area contributed by atoms with Crippen LogP contribution in [0.3, 0.4) is 0 Å². The van der Waals surface area contributed by atoms with Gasteiger partial charge in [0.2, 0.25) is 11.8 Å². The Labute approximate surface area is 227 Å². The van der Waals surface area contributed by atoms with Gasteiger partial charge < -0.3 is 10.2 Å². The van der Waals surface area contributed by atoms with Gasteiger partial charge in [0.25, 0.3) is 0 Å². The Morgan fingerprint density at radius 1 is 0.892 bits per heavy atom. The lowest BCUT2D eigenvalue weighted by Gasteiger charge is -2.32. The van der Waals surface area contributed by atoms with Gasteiger partial charge in [-0.15, -0.1) is 0 Å². The van der Waals surface area contributed by atoms with Crippen LogP contribution in [0.15, 0.2) is 78.9 Å². The van der Waals surface area contributed by atoms with E-state index in [4.69, 9.17) is 11.6 Å². The minimum absolute atomic E-state index is 0.0487. The monoisotopic (exact) mass is 518 g/mol. The predicted molar refractivity (Wildman–Crippen MR) is 153 cm³/mol. The number of hydrogen-bond acceptors (Lipinski definition) is 2. The molecule has 3 aromatic rings. The van der Waals surface area contributed by atoms with Crippen molar-refractivity contribution >= 4 is 23.4 Å². The molecule has 0 radical (unpaired) electrons. The Morgan fingerprint density at radius 3 is 2.19 bits per heavy atom. The molecule has 0 aliphatic heterocycles. The zero-order chi connectivity index (χ0) is 26.8. The van der Waals surface area contributed by atoms with Gasteiger partial charge in [-0.05, 0) is 52.6 Å². The number of halogens is 1. The molecule has 3 rings (SSSR count). The fraction of sp³-hybridized carbons (Fsp3) is 0.375. The molecule has 0 unspecified atom stereocenters. The number of carbonyl (C=O) groups is 2. The Bertz CT molecular complexity index is 1150. The maximum Gasteiger partial charge on any atom is 0.243 e. The van der Waals surface area contributed by atoms with Crippen LogP contribution >= 0.6 is 11.6 Å². The van der Waals surface area contributed by atoms with Crippen LogP contribution in [0.1, 0.15) is 62.8 Å². The van der Waals surface area contributed by atoms with E-state index in [2.05, 4.69) is 50.4 Å². The Morgan fingerprint density at radius 2 is 1.57 bits per heavy atom. The molecular formula is C32H39ClN2O2. The molecule has 196 valence electrons. The minimum atomic E-state index is -0.622. The summed E-state index contributed by atoms with van der Waals surface area (Å²) in [5.41, 5.74) is 4.37. The molecule has 0 bridgehead atoms. The fourth-order valence-electron chi connectivity index (χ4n) is 4.32. The van der Waals surface area contributed by atoms with Crippen LogP contribution in [0.25, 0.3) is 0 Å². The number of benzene rings is 3. The summed E-state index contributed by atoms with van der Waals surface area (Å²) in [5.74, 6) is -0.178. The first-order chi connectivity index (χ1) is 17.7. The molecule has 5 heteroatoms. The van der Waals surface area contributed by atoms with Crippen molar-refractivity contribution in [2.45, 2.75) is 71.4 Å². The zero-order valence-corrected chi connectivity index (χ0v) is 23.2. The quantitative estimate of drug-likeness (QED) is 0.305. The predicted octanol–water partition coefficient (Wildman–Crippen LogP) is 6.74. The van der Waals surface area contributed by atoms with Crippen molar-refractivity contribution in [1.82, 2.24) is 10.2 Å². The topological polar surface area (TPSA) is 49.4 Å². The molecule has 0 saturated heterocycles. The highest BCUT2D eigenvalue weighted by atomic mass is 35.5. The number of carbonyl (C=O) groups excluding carboxylic acids is 2. The molecule has 1 N–H and O–H groups in total. The summed E-state index contributed by atoms with van der Waals surface area (Å²) in [4.78, 5) is 28.9. The number of amides is 2. The number of rotatable bonds is 11. The Hall–Kier alpha value is -3.11. The highest BCUT2D eigenvalue weighted by Gasteiger charge is 2.30. The molecule has 0 aromatic heterocycles. The van der Waals surface area contributed by atoms with E-state index in [0.29, 0.717) is 37.4 Å². The molecule has 0 saturated carbocycles. The van der Waals surface area contributed by atoms with Crippen molar-refractivity contribution in [2.75, 3.05) is 6.54 Å². The van der Waals surface area contributed by atoms with Crippen LogP contribution in [-0.2, 0) is 34.4 Å². The van der Waals surface area contributed by atoms with Crippen molar-refractivity contribution in [3.63, 3.8) is 0 Å². The second-order valence-corrected chi connectivity index (χ2v) is 11.0. The highest BCUT2D eigenvalue weighted by molar-refractivity contribution is 6.30. The first-order valence-corrected chi connectivity index (χ1v) is 13.5. The van der Waals surface area contributed by atoms with E-state index in [-0.39, 0.29) is 17.2 Å². The summed E-state index contributed by atoms with van der Waals surface area (Å²) < 4.78 is 0. The fourth-order valence-corrected chi connectivity index (χ4v) is 4.53. The van der Waals surface area contributed by atoms with Gasteiger partial charge in [-0.2, -0.15) is 0 Å². The van der Waals surface area contributed by atoms with E-state index in [1.165, 1.54) is 5.56 Å². The van der Waals surface area contributed by atoms with Crippen molar-refractivity contribution in [2.24, 2.45) is 0 Å². The van der Waals surface area contributed by atoms with E-state index in [0.717, 1.165) is 23.1 Å². The molecule has 37 heavy (non-hydrogen) atoms. The summed E-state index contributed by atoms with van der Waals surface area (Å²) in [7, 11) is 0. The molecular weight excluding hydrogens is 480 g/mol. The third-order valence-corrected chi connectivity index (χ3v) is 6.74. The first-order valence-electron chi connectivity index (χ1n) is 13.1. The molecule has 2 amide bonds. The van der Waals surface area contributed by atoms with E-state index in [9.17, 15) is 9.59 Å². The second-order valence-electron chi connectivity index (χ2n) is 10.6. The van der Waals surface area contributed by atoms with Crippen molar-refractivity contribution in [3.05, 3.63) is 106 Å². The molecule has 0 aliphatic rings. The van der Waals surface area contributed by atoms with E-state index >= 15 is 0 Å². The van der Waals surface area contributed by atoms with Gasteiger partial charge in [-0.1, -0.05) is 106 Å². The third kappa shape index (κ3) is 8.75. The second kappa shape index (κ2) is 13.4. The van der Waals surface area contributed by atoms with E-state index in [1.54, 1.807) is 4.90 Å². The maximum atomic E-state index is 13.8. The molecule has 0 heterocycles. The molecule has 0 fully saturated rings. The van der Waals surface area contributed by atoms with Crippen molar-refractivity contribution in [3.8, 4) is 0 Å². The lowest BCUT2D eigenvalue weighted by Crippen LogP contribution is -2.50. The average molecular weight is 519 g/mol. The number of aryl methyl sites for hydroxylation is 1. The summed E-state index contributed by atoms with van der Waals surface area (Å²) in [6, 6.07) is 25.2. The highest BCUT2D eigenvalue weighted by Crippen LogP contribution is 2.23. The van der Waals surface area contributed by atoms with Gasteiger partial charge in [0.1, 0.15) is 6.04 Å². The number of nitrogens with one attached hydrogen (secondary N) is 1. The van der Waals surface area contributed by atoms with Gasteiger partial charge in [0.15, 0.2) is 0 Å². The van der Waals surface area contributed by atoms with Crippen LogP contribution < -0.4 is 5.32 Å². The van der Waals surface area contributed by atoms with Gasteiger partial charge in [-0.3, -0.25) is 9.59 Å². The van der Waals surface area contributed by atoms with Crippen molar-refractivity contribution in [1.29, 1.82) is 0 Å². The van der Waals surface area contributed by atoms with E-state index < -0.39 is 6.04 Å². The Balaban J connectivity index is 1.86. The molecule has 1 atom stereocenters. The summed E-state index contributed by atoms with van der Waals surface area (Å²) >= 11 is 6.25.